The molecule has 14 heavy (non-hydrogen) atoms. The minimum absolute atomic E-state index is 0.188. The normalized spacial score (nSPS) is 31.8. The largest absolute Gasteiger partial charge is 0.299 e. The molecule has 2 heteroatoms. The standard InChI is InChI=1S/C12H19ClO/c1-5-12(7-8(2)3)10(9(4)13)6-11(12)14/h8,10H,4-7H2,1-3H3. The quantitative estimate of drug-likeness (QED) is 0.696. The van der Waals surface area contributed by atoms with E-state index in [4.69, 9.17) is 11.6 Å². The van der Waals surface area contributed by atoms with Crippen molar-refractivity contribution in [2.24, 2.45) is 17.3 Å². The molecule has 1 nitrogen and oxygen atoms in total. The molecule has 80 valence electrons. The van der Waals surface area contributed by atoms with E-state index in [2.05, 4.69) is 27.4 Å². The van der Waals surface area contributed by atoms with Gasteiger partial charge in [-0.2, -0.15) is 0 Å². The summed E-state index contributed by atoms with van der Waals surface area (Å²) in [5.41, 5.74) is -0.188. The molecule has 1 fully saturated rings. The van der Waals surface area contributed by atoms with Gasteiger partial charge in [0.05, 0.1) is 0 Å². The molecule has 1 aliphatic rings. The Morgan fingerprint density at radius 1 is 1.71 bits per heavy atom. The van der Waals surface area contributed by atoms with E-state index < -0.39 is 0 Å². The van der Waals surface area contributed by atoms with E-state index in [1.54, 1.807) is 0 Å². The Morgan fingerprint density at radius 3 is 2.57 bits per heavy atom. The van der Waals surface area contributed by atoms with E-state index in [0.29, 0.717) is 23.2 Å². The number of carbonyl (C=O) groups excluding carboxylic acids is 1. The second-order valence-electron chi connectivity index (χ2n) is 4.73. The Kier molecular flexibility index (Phi) is 3.41. The van der Waals surface area contributed by atoms with Crippen LogP contribution in [0.25, 0.3) is 0 Å². The number of carbonyl (C=O) groups is 1. The highest BCUT2D eigenvalue weighted by atomic mass is 35.5. The Morgan fingerprint density at radius 2 is 2.29 bits per heavy atom. The van der Waals surface area contributed by atoms with Crippen LogP contribution < -0.4 is 0 Å². The molecule has 0 saturated heterocycles. The zero-order valence-corrected chi connectivity index (χ0v) is 10.0. The average Bonchev–Trinajstić information content (AvgIpc) is 2.09. The van der Waals surface area contributed by atoms with Crippen molar-refractivity contribution >= 4 is 17.4 Å². The number of halogens is 1. The Hall–Kier alpha value is -0.300. The first-order valence-corrected chi connectivity index (χ1v) is 5.69. The molecule has 0 aromatic carbocycles. The predicted molar refractivity (Wildman–Crippen MR) is 60.3 cm³/mol. The minimum Gasteiger partial charge on any atom is -0.299 e. The van der Waals surface area contributed by atoms with Gasteiger partial charge in [0.1, 0.15) is 5.78 Å². The molecule has 0 amide bonds. The maximum atomic E-state index is 11.7. The van der Waals surface area contributed by atoms with Crippen LogP contribution in [0.3, 0.4) is 0 Å². The molecule has 1 rings (SSSR count). The maximum absolute atomic E-state index is 11.7. The average molecular weight is 215 g/mol. The van der Waals surface area contributed by atoms with Gasteiger partial charge in [0.2, 0.25) is 0 Å². The van der Waals surface area contributed by atoms with Crippen LogP contribution in [0.2, 0.25) is 0 Å². The number of allylic oxidation sites excluding steroid dienone is 1. The lowest BCUT2D eigenvalue weighted by Crippen LogP contribution is -2.50. The zero-order chi connectivity index (χ0) is 10.9. The monoisotopic (exact) mass is 214 g/mol. The van der Waals surface area contributed by atoms with Gasteiger partial charge >= 0.3 is 0 Å². The fourth-order valence-corrected chi connectivity index (χ4v) is 2.92. The van der Waals surface area contributed by atoms with Gasteiger partial charge < -0.3 is 0 Å². The number of hydrogen-bond acceptors (Lipinski definition) is 1. The summed E-state index contributed by atoms with van der Waals surface area (Å²) >= 11 is 5.94. The molecule has 0 aliphatic heterocycles. The van der Waals surface area contributed by atoms with Gasteiger partial charge in [0, 0.05) is 22.8 Å². The lowest BCUT2D eigenvalue weighted by molar-refractivity contribution is -0.145. The number of ketones is 1. The van der Waals surface area contributed by atoms with Crippen LogP contribution in [0.4, 0.5) is 0 Å². The van der Waals surface area contributed by atoms with E-state index in [1.165, 1.54) is 0 Å². The SMILES string of the molecule is C=C(Cl)C1CC(=O)C1(CC)CC(C)C. The summed E-state index contributed by atoms with van der Waals surface area (Å²) in [6.07, 6.45) is 2.43. The predicted octanol–water partition coefficient (Wildman–Crippen LogP) is 3.77. The molecular weight excluding hydrogens is 196 g/mol. The summed E-state index contributed by atoms with van der Waals surface area (Å²) in [4.78, 5) is 11.7. The van der Waals surface area contributed by atoms with E-state index in [-0.39, 0.29) is 11.3 Å². The van der Waals surface area contributed by atoms with Gasteiger partial charge in [-0.3, -0.25) is 4.79 Å². The molecule has 0 N–H and O–H groups in total. The number of hydrogen-bond donors (Lipinski definition) is 0. The van der Waals surface area contributed by atoms with Crippen molar-refractivity contribution in [3.05, 3.63) is 11.6 Å². The molecule has 0 aromatic rings. The summed E-state index contributed by atoms with van der Waals surface area (Å²) in [7, 11) is 0. The number of Topliss-reactive ketones (excluding diaryl/α,β-unsaturated/α-hetero) is 1. The second kappa shape index (κ2) is 4.06. The first kappa shape index (κ1) is 11.8. The molecular formula is C12H19ClO. The van der Waals surface area contributed by atoms with Crippen molar-refractivity contribution in [3.63, 3.8) is 0 Å². The highest BCUT2D eigenvalue weighted by Gasteiger charge is 2.53. The molecule has 0 aromatic heterocycles. The van der Waals surface area contributed by atoms with E-state index in [0.717, 1.165) is 12.8 Å². The maximum Gasteiger partial charge on any atom is 0.140 e. The van der Waals surface area contributed by atoms with Crippen LogP contribution in [-0.2, 0) is 4.79 Å². The van der Waals surface area contributed by atoms with Crippen molar-refractivity contribution in [3.8, 4) is 0 Å². The molecule has 0 spiro atoms. The van der Waals surface area contributed by atoms with Crippen LogP contribution >= 0.6 is 11.6 Å². The van der Waals surface area contributed by atoms with Gasteiger partial charge in [0.25, 0.3) is 0 Å². The summed E-state index contributed by atoms with van der Waals surface area (Å²) in [6.45, 7) is 10.2. The van der Waals surface area contributed by atoms with E-state index >= 15 is 0 Å². The molecule has 0 bridgehead atoms. The lowest BCUT2D eigenvalue weighted by atomic mass is 9.54. The Balaban J connectivity index is 2.84. The van der Waals surface area contributed by atoms with Gasteiger partial charge in [-0.25, -0.2) is 0 Å². The molecule has 1 saturated carbocycles. The Bertz CT molecular complexity index is 257. The summed E-state index contributed by atoms with van der Waals surface area (Å²) in [6, 6.07) is 0. The Labute approximate surface area is 91.5 Å². The minimum atomic E-state index is -0.188. The zero-order valence-electron chi connectivity index (χ0n) is 9.27. The third kappa shape index (κ3) is 1.75. The molecule has 2 unspecified atom stereocenters. The highest BCUT2D eigenvalue weighted by Crippen LogP contribution is 2.53. The van der Waals surface area contributed by atoms with Gasteiger partial charge in [0.15, 0.2) is 0 Å². The summed E-state index contributed by atoms with van der Waals surface area (Å²) in [5, 5.41) is 0.659. The van der Waals surface area contributed by atoms with E-state index in [9.17, 15) is 4.79 Å². The third-order valence-electron chi connectivity index (χ3n) is 3.39. The van der Waals surface area contributed by atoms with Gasteiger partial charge in [-0.15, -0.1) is 0 Å². The molecule has 2 atom stereocenters. The topological polar surface area (TPSA) is 17.1 Å². The fraction of sp³-hybridized carbons (Fsp3) is 0.750. The van der Waals surface area contributed by atoms with Crippen LogP contribution in [0.15, 0.2) is 11.6 Å². The van der Waals surface area contributed by atoms with Crippen molar-refractivity contribution in [1.29, 1.82) is 0 Å². The van der Waals surface area contributed by atoms with Crippen molar-refractivity contribution in [1.82, 2.24) is 0 Å². The first-order chi connectivity index (χ1) is 6.44. The summed E-state index contributed by atoms with van der Waals surface area (Å²) in [5.74, 6) is 1.13. The molecule has 1 aliphatic carbocycles. The first-order valence-electron chi connectivity index (χ1n) is 5.31. The lowest BCUT2D eigenvalue weighted by Gasteiger charge is -2.48. The molecule has 0 radical (unpaired) electrons. The van der Waals surface area contributed by atoms with Crippen LogP contribution in [0.1, 0.15) is 40.0 Å². The van der Waals surface area contributed by atoms with E-state index in [1.807, 2.05) is 0 Å². The molecule has 0 heterocycles. The van der Waals surface area contributed by atoms with Crippen molar-refractivity contribution in [2.45, 2.75) is 40.0 Å². The number of rotatable bonds is 4. The van der Waals surface area contributed by atoms with Crippen LogP contribution in [0, 0.1) is 17.3 Å². The van der Waals surface area contributed by atoms with Crippen LogP contribution in [0.5, 0.6) is 0 Å². The van der Waals surface area contributed by atoms with Crippen molar-refractivity contribution < 1.29 is 4.79 Å². The highest BCUT2D eigenvalue weighted by molar-refractivity contribution is 6.30. The second-order valence-corrected chi connectivity index (χ2v) is 5.22. The van der Waals surface area contributed by atoms with Crippen LogP contribution in [-0.4, -0.2) is 5.78 Å². The van der Waals surface area contributed by atoms with Gasteiger partial charge in [-0.05, 0) is 18.8 Å². The third-order valence-corrected chi connectivity index (χ3v) is 3.66. The smallest absolute Gasteiger partial charge is 0.140 e. The van der Waals surface area contributed by atoms with Gasteiger partial charge in [-0.1, -0.05) is 39.0 Å². The van der Waals surface area contributed by atoms with Crippen molar-refractivity contribution in [2.75, 3.05) is 0 Å². The summed E-state index contributed by atoms with van der Waals surface area (Å²) < 4.78 is 0. The fourth-order valence-electron chi connectivity index (χ4n) is 2.63.